The Morgan fingerprint density at radius 3 is 2.82 bits per heavy atom. The largest absolute Gasteiger partial charge is 0.349 e. The van der Waals surface area contributed by atoms with Crippen molar-refractivity contribution >= 4 is 17.7 Å². The molecule has 1 aliphatic heterocycles. The van der Waals surface area contributed by atoms with Gasteiger partial charge in [-0.1, -0.05) is 42.5 Å². The van der Waals surface area contributed by atoms with Crippen LogP contribution in [0, 0.1) is 5.82 Å². The molecule has 2 aromatic rings. The molecule has 2 nitrogen and oxygen atoms in total. The highest BCUT2D eigenvalue weighted by Gasteiger charge is 2.24. The molecule has 1 amide bonds. The number of amides is 1. The zero-order valence-electron chi connectivity index (χ0n) is 12.2. The van der Waals surface area contributed by atoms with Crippen molar-refractivity contribution in [3.63, 3.8) is 0 Å². The highest BCUT2D eigenvalue weighted by Crippen LogP contribution is 2.37. The molecule has 0 aromatic heterocycles. The molecule has 0 saturated carbocycles. The van der Waals surface area contributed by atoms with Crippen LogP contribution in [0.15, 0.2) is 53.4 Å². The lowest BCUT2D eigenvalue weighted by Gasteiger charge is -2.26. The number of fused-ring (bicyclic) bond motifs is 1. The van der Waals surface area contributed by atoms with Crippen LogP contribution in [-0.2, 0) is 11.2 Å². The monoisotopic (exact) mass is 315 g/mol. The van der Waals surface area contributed by atoms with Gasteiger partial charge in [0.25, 0.3) is 0 Å². The predicted octanol–water partition coefficient (Wildman–Crippen LogP) is 4.11. The molecule has 1 N–H and O–H groups in total. The van der Waals surface area contributed by atoms with Gasteiger partial charge in [-0.05, 0) is 30.0 Å². The van der Waals surface area contributed by atoms with E-state index in [-0.39, 0.29) is 17.8 Å². The molecular formula is C18H18FNOS. The maximum atomic E-state index is 13.8. The van der Waals surface area contributed by atoms with Gasteiger partial charge >= 0.3 is 0 Å². The quantitative estimate of drug-likeness (QED) is 0.920. The van der Waals surface area contributed by atoms with Crippen LogP contribution in [0.3, 0.4) is 0 Å². The summed E-state index contributed by atoms with van der Waals surface area (Å²) < 4.78 is 13.8. The van der Waals surface area contributed by atoms with Crippen molar-refractivity contribution in [2.45, 2.75) is 30.2 Å². The maximum absolute atomic E-state index is 13.8. The Kier molecular flexibility index (Phi) is 4.78. The Hall–Kier alpha value is -1.81. The van der Waals surface area contributed by atoms with Crippen molar-refractivity contribution in [1.82, 2.24) is 5.32 Å². The zero-order valence-corrected chi connectivity index (χ0v) is 13.0. The number of benzene rings is 2. The van der Waals surface area contributed by atoms with Crippen molar-refractivity contribution < 1.29 is 9.18 Å². The maximum Gasteiger partial charge on any atom is 0.220 e. The molecule has 0 radical (unpaired) electrons. The molecule has 0 aliphatic carbocycles. The predicted molar refractivity (Wildman–Crippen MR) is 87.4 cm³/mol. The van der Waals surface area contributed by atoms with Gasteiger partial charge in [-0.3, -0.25) is 4.79 Å². The summed E-state index contributed by atoms with van der Waals surface area (Å²) in [6.45, 7) is 0. The first-order chi connectivity index (χ1) is 10.7. The second-order valence-corrected chi connectivity index (χ2v) is 6.51. The topological polar surface area (TPSA) is 29.1 Å². The van der Waals surface area contributed by atoms with Crippen LogP contribution >= 0.6 is 11.8 Å². The van der Waals surface area contributed by atoms with Crippen molar-refractivity contribution in [1.29, 1.82) is 0 Å². The van der Waals surface area contributed by atoms with Gasteiger partial charge in [0.2, 0.25) is 5.91 Å². The molecule has 0 fully saturated rings. The molecule has 1 atom stereocenters. The summed E-state index contributed by atoms with van der Waals surface area (Å²) in [5.74, 6) is 0.666. The van der Waals surface area contributed by atoms with Gasteiger partial charge in [0.15, 0.2) is 0 Å². The first-order valence-electron chi connectivity index (χ1n) is 7.48. The van der Waals surface area contributed by atoms with Crippen LogP contribution in [0.5, 0.6) is 0 Å². The van der Waals surface area contributed by atoms with Crippen LogP contribution in [0.25, 0.3) is 0 Å². The number of rotatable bonds is 4. The first kappa shape index (κ1) is 15.1. The third kappa shape index (κ3) is 3.50. The van der Waals surface area contributed by atoms with E-state index in [0.29, 0.717) is 11.3 Å². The van der Waals surface area contributed by atoms with E-state index in [1.807, 2.05) is 36.4 Å². The number of aryl methyl sites for hydroxylation is 1. The second kappa shape index (κ2) is 6.97. The average molecular weight is 315 g/mol. The van der Waals surface area contributed by atoms with Crippen molar-refractivity contribution in [2.75, 3.05) is 5.75 Å². The SMILES string of the molecule is O=C(CCc1ccccc1)N[C@@H]1CCSc2c(F)cccc21. The van der Waals surface area contributed by atoms with Gasteiger partial charge in [-0.15, -0.1) is 11.8 Å². The summed E-state index contributed by atoms with van der Waals surface area (Å²) in [4.78, 5) is 12.9. The lowest BCUT2D eigenvalue weighted by molar-refractivity contribution is -0.121. The van der Waals surface area contributed by atoms with Gasteiger partial charge in [-0.2, -0.15) is 0 Å². The Bertz CT molecular complexity index is 659. The second-order valence-electron chi connectivity index (χ2n) is 5.40. The molecular weight excluding hydrogens is 297 g/mol. The van der Waals surface area contributed by atoms with Crippen LogP contribution in [0.1, 0.15) is 30.0 Å². The molecule has 4 heteroatoms. The van der Waals surface area contributed by atoms with Crippen LogP contribution in [0.4, 0.5) is 4.39 Å². The highest BCUT2D eigenvalue weighted by atomic mass is 32.2. The van der Waals surface area contributed by atoms with Crippen LogP contribution in [-0.4, -0.2) is 11.7 Å². The third-order valence-corrected chi connectivity index (χ3v) is 5.00. The van der Waals surface area contributed by atoms with E-state index < -0.39 is 0 Å². The molecule has 3 rings (SSSR count). The number of thioether (sulfide) groups is 1. The van der Waals surface area contributed by atoms with E-state index in [1.54, 1.807) is 6.07 Å². The van der Waals surface area contributed by atoms with E-state index in [1.165, 1.54) is 17.8 Å². The zero-order chi connectivity index (χ0) is 15.4. The summed E-state index contributed by atoms with van der Waals surface area (Å²) >= 11 is 1.53. The van der Waals surface area contributed by atoms with Crippen molar-refractivity contribution in [2.24, 2.45) is 0 Å². The normalized spacial score (nSPS) is 16.9. The van der Waals surface area contributed by atoms with E-state index >= 15 is 0 Å². The minimum Gasteiger partial charge on any atom is -0.349 e. The van der Waals surface area contributed by atoms with E-state index in [2.05, 4.69) is 5.32 Å². The number of hydrogen-bond acceptors (Lipinski definition) is 2. The Morgan fingerprint density at radius 2 is 2.00 bits per heavy atom. The number of halogens is 1. The summed E-state index contributed by atoms with van der Waals surface area (Å²) in [6, 6.07) is 15.0. The van der Waals surface area contributed by atoms with Crippen molar-refractivity contribution in [3.8, 4) is 0 Å². The lowest BCUT2D eigenvalue weighted by Crippen LogP contribution is -2.31. The first-order valence-corrected chi connectivity index (χ1v) is 8.47. The number of hydrogen-bond donors (Lipinski definition) is 1. The van der Waals surface area contributed by atoms with E-state index in [4.69, 9.17) is 0 Å². The van der Waals surface area contributed by atoms with Gasteiger partial charge < -0.3 is 5.32 Å². The fourth-order valence-electron chi connectivity index (χ4n) is 2.71. The van der Waals surface area contributed by atoms with Gasteiger partial charge in [0.1, 0.15) is 5.82 Å². The highest BCUT2D eigenvalue weighted by molar-refractivity contribution is 7.99. The fraction of sp³-hybridized carbons (Fsp3) is 0.278. The summed E-state index contributed by atoms with van der Waals surface area (Å²) in [7, 11) is 0. The average Bonchev–Trinajstić information content (AvgIpc) is 2.55. The molecule has 0 spiro atoms. The molecule has 0 bridgehead atoms. The van der Waals surface area contributed by atoms with Gasteiger partial charge in [0, 0.05) is 17.1 Å². The molecule has 0 unspecified atom stereocenters. The van der Waals surface area contributed by atoms with Gasteiger partial charge in [0.05, 0.1) is 6.04 Å². The standard InChI is InChI=1S/C18H18FNOS/c19-15-8-4-7-14-16(11-12-22-18(14)15)20-17(21)10-9-13-5-2-1-3-6-13/h1-8,16H,9-12H2,(H,20,21)/t16-/m1/s1. The molecule has 1 aliphatic rings. The van der Waals surface area contributed by atoms with E-state index in [0.717, 1.165) is 29.7 Å². The molecule has 114 valence electrons. The third-order valence-electron chi connectivity index (χ3n) is 3.84. The fourth-order valence-corrected chi connectivity index (χ4v) is 3.85. The number of carbonyl (C=O) groups is 1. The number of carbonyl (C=O) groups excluding carboxylic acids is 1. The van der Waals surface area contributed by atoms with E-state index in [9.17, 15) is 9.18 Å². The van der Waals surface area contributed by atoms with Crippen LogP contribution < -0.4 is 5.32 Å². The lowest BCUT2D eigenvalue weighted by atomic mass is 10.0. The minimum atomic E-state index is -0.189. The Balaban J connectivity index is 1.62. The summed E-state index contributed by atoms with van der Waals surface area (Å²) in [5.41, 5.74) is 2.06. The summed E-state index contributed by atoms with van der Waals surface area (Å²) in [6.07, 6.45) is 2.03. The Morgan fingerprint density at radius 1 is 1.18 bits per heavy atom. The Labute approximate surface area is 134 Å². The summed E-state index contributed by atoms with van der Waals surface area (Å²) in [5, 5.41) is 3.05. The molecule has 22 heavy (non-hydrogen) atoms. The van der Waals surface area contributed by atoms with Gasteiger partial charge in [-0.25, -0.2) is 4.39 Å². The number of nitrogens with one attached hydrogen (secondary N) is 1. The molecule has 0 saturated heterocycles. The molecule has 2 aromatic carbocycles. The van der Waals surface area contributed by atoms with Crippen molar-refractivity contribution in [3.05, 3.63) is 65.5 Å². The van der Waals surface area contributed by atoms with Crippen LogP contribution in [0.2, 0.25) is 0 Å². The molecule has 1 heterocycles. The smallest absolute Gasteiger partial charge is 0.220 e. The minimum absolute atomic E-state index is 0.0240.